The number of nitrogens with one attached hydrogen (secondary N) is 1. The predicted molar refractivity (Wildman–Crippen MR) is 97.3 cm³/mol. The Morgan fingerprint density at radius 1 is 1.00 bits per heavy atom. The second-order valence-electron chi connectivity index (χ2n) is 5.11. The Labute approximate surface area is 144 Å². The highest BCUT2D eigenvalue weighted by atomic mass is 32.1. The van der Waals surface area contributed by atoms with Crippen LogP contribution in [0.25, 0.3) is 11.1 Å². The molecule has 0 fully saturated rings. The molecule has 5 heteroatoms. The van der Waals surface area contributed by atoms with Crippen molar-refractivity contribution < 1.29 is 14.3 Å². The lowest BCUT2D eigenvalue weighted by atomic mass is 10.0. The highest BCUT2D eigenvalue weighted by Crippen LogP contribution is 2.33. The van der Waals surface area contributed by atoms with Crippen LogP contribution in [0.3, 0.4) is 0 Å². The summed E-state index contributed by atoms with van der Waals surface area (Å²) in [5.74, 6) is 1.41. The molecular formula is C19H17NO3S. The first kappa shape index (κ1) is 16.1. The number of ether oxygens (including phenoxy) is 2. The SMILES string of the molecule is COc1ccc(-c2cc(NC(=O)c3ccsc3)ccc2OC)cc1. The van der Waals surface area contributed by atoms with Gasteiger partial charge in [0.05, 0.1) is 19.8 Å². The molecule has 0 atom stereocenters. The zero-order valence-corrected chi connectivity index (χ0v) is 14.2. The lowest BCUT2D eigenvalue weighted by Gasteiger charge is -2.12. The summed E-state index contributed by atoms with van der Waals surface area (Å²) in [6.45, 7) is 0. The third-order valence-electron chi connectivity index (χ3n) is 3.64. The molecule has 3 aromatic rings. The van der Waals surface area contributed by atoms with E-state index in [4.69, 9.17) is 9.47 Å². The highest BCUT2D eigenvalue weighted by Gasteiger charge is 2.11. The van der Waals surface area contributed by atoms with Gasteiger partial charge in [0.2, 0.25) is 0 Å². The molecule has 0 unspecified atom stereocenters. The molecule has 1 heterocycles. The van der Waals surface area contributed by atoms with Crippen molar-refractivity contribution in [3.63, 3.8) is 0 Å². The monoisotopic (exact) mass is 339 g/mol. The van der Waals surface area contributed by atoms with Gasteiger partial charge in [-0.2, -0.15) is 11.3 Å². The van der Waals surface area contributed by atoms with E-state index in [9.17, 15) is 4.79 Å². The summed E-state index contributed by atoms with van der Waals surface area (Å²) in [5, 5.41) is 6.62. The van der Waals surface area contributed by atoms with Crippen LogP contribution in [-0.2, 0) is 0 Å². The first-order chi connectivity index (χ1) is 11.7. The third kappa shape index (κ3) is 3.41. The maximum Gasteiger partial charge on any atom is 0.256 e. The van der Waals surface area contributed by atoms with E-state index in [1.54, 1.807) is 20.3 Å². The van der Waals surface area contributed by atoms with Crippen molar-refractivity contribution in [3.05, 3.63) is 64.9 Å². The lowest BCUT2D eigenvalue weighted by molar-refractivity contribution is 0.102. The molecule has 122 valence electrons. The minimum atomic E-state index is -0.123. The van der Waals surface area contributed by atoms with E-state index in [1.807, 2.05) is 53.2 Å². The van der Waals surface area contributed by atoms with E-state index in [2.05, 4.69) is 5.32 Å². The van der Waals surface area contributed by atoms with E-state index < -0.39 is 0 Å². The molecule has 0 saturated heterocycles. The molecule has 0 bridgehead atoms. The number of carbonyl (C=O) groups excluding carboxylic acids is 1. The van der Waals surface area contributed by atoms with Gasteiger partial charge >= 0.3 is 0 Å². The predicted octanol–water partition coefficient (Wildman–Crippen LogP) is 4.68. The first-order valence-corrected chi connectivity index (χ1v) is 8.31. The number of amides is 1. The Bertz CT molecular complexity index is 826. The minimum Gasteiger partial charge on any atom is -0.497 e. The summed E-state index contributed by atoms with van der Waals surface area (Å²) in [7, 11) is 3.27. The topological polar surface area (TPSA) is 47.6 Å². The summed E-state index contributed by atoms with van der Waals surface area (Å²) < 4.78 is 10.6. The summed E-state index contributed by atoms with van der Waals surface area (Å²) in [4.78, 5) is 12.2. The van der Waals surface area contributed by atoms with Crippen LogP contribution in [-0.4, -0.2) is 20.1 Å². The molecule has 0 radical (unpaired) electrons. The van der Waals surface area contributed by atoms with E-state index in [0.29, 0.717) is 5.56 Å². The minimum absolute atomic E-state index is 0.123. The largest absolute Gasteiger partial charge is 0.497 e. The van der Waals surface area contributed by atoms with Crippen molar-refractivity contribution in [2.75, 3.05) is 19.5 Å². The average molecular weight is 339 g/mol. The zero-order chi connectivity index (χ0) is 16.9. The first-order valence-electron chi connectivity index (χ1n) is 7.37. The molecule has 0 aliphatic heterocycles. The number of methoxy groups -OCH3 is 2. The van der Waals surface area contributed by atoms with Crippen molar-refractivity contribution in [1.29, 1.82) is 0 Å². The summed E-state index contributed by atoms with van der Waals surface area (Å²) in [5.41, 5.74) is 3.27. The summed E-state index contributed by atoms with van der Waals surface area (Å²) >= 11 is 1.50. The van der Waals surface area contributed by atoms with Gasteiger partial charge < -0.3 is 14.8 Å². The van der Waals surface area contributed by atoms with Gasteiger partial charge in [0, 0.05) is 16.6 Å². The van der Waals surface area contributed by atoms with Crippen molar-refractivity contribution in [2.45, 2.75) is 0 Å². The number of anilines is 1. The number of rotatable bonds is 5. The van der Waals surface area contributed by atoms with E-state index in [0.717, 1.165) is 28.3 Å². The normalized spacial score (nSPS) is 10.2. The van der Waals surface area contributed by atoms with Gasteiger partial charge in [0.1, 0.15) is 11.5 Å². The Hall–Kier alpha value is -2.79. The third-order valence-corrected chi connectivity index (χ3v) is 4.32. The van der Waals surface area contributed by atoms with Crippen LogP contribution in [0.4, 0.5) is 5.69 Å². The summed E-state index contributed by atoms with van der Waals surface area (Å²) in [6.07, 6.45) is 0. The average Bonchev–Trinajstić information content (AvgIpc) is 3.16. The fourth-order valence-corrected chi connectivity index (χ4v) is 3.01. The molecule has 3 rings (SSSR count). The van der Waals surface area contributed by atoms with Crippen molar-refractivity contribution in [1.82, 2.24) is 0 Å². The van der Waals surface area contributed by atoms with Gasteiger partial charge in [-0.3, -0.25) is 4.79 Å². The van der Waals surface area contributed by atoms with Gasteiger partial charge in [-0.05, 0) is 47.3 Å². The molecule has 0 aliphatic carbocycles. The van der Waals surface area contributed by atoms with Crippen LogP contribution < -0.4 is 14.8 Å². The van der Waals surface area contributed by atoms with Crippen LogP contribution >= 0.6 is 11.3 Å². The number of thiophene rings is 1. The smallest absolute Gasteiger partial charge is 0.256 e. The van der Waals surface area contributed by atoms with Gasteiger partial charge in [-0.15, -0.1) is 0 Å². The van der Waals surface area contributed by atoms with Crippen LogP contribution in [0.15, 0.2) is 59.3 Å². The molecule has 24 heavy (non-hydrogen) atoms. The molecule has 0 aliphatic rings. The fourth-order valence-electron chi connectivity index (χ4n) is 2.38. The lowest BCUT2D eigenvalue weighted by Crippen LogP contribution is -2.10. The molecule has 1 amide bonds. The van der Waals surface area contributed by atoms with Gasteiger partial charge in [0.25, 0.3) is 5.91 Å². The molecule has 0 spiro atoms. The number of hydrogen-bond acceptors (Lipinski definition) is 4. The van der Waals surface area contributed by atoms with Crippen LogP contribution in [0.1, 0.15) is 10.4 Å². The molecule has 2 aromatic carbocycles. The maximum atomic E-state index is 12.2. The van der Waals surface area contributed by atoms with Gasteiger partial charge in [0.15, 0.2) is 0 Å². The van der Waals surface area contributed by atoms with E-state index in [1.165, 1.54) is 11.3 Å². The van der Waals surface area contributed by atoms with Crippen molar-refractivity contribution in [3.8, 4) is 22.6 Å². The van der Waals surface area contributed by atoms with Crippen LogP contribution in [0.5, 0.6) is 11.5 Å². The Balaban J connectivity index is 1.91. The standard InChI is InChI=1S/C19H17NO3S/c1-22-16-6-3-13(4-7-16)17-11-15(5-8-18(17)23-2)20-19(21)14-9-10-24-12-14/h3-12H,1-2H3,(H,20,21). The van der Waals surface area contributed by atoms with Crippen LogP contribution in [0.2, 0.25) is 0 Å². The van der Waals surface area contributed by atoms with Gasteiger partial charge in [-0.25, -0.2) is 0 Å². The highest BCUT2D eigenvalue weighted by molar-refractivity contribution is 7.08. The number of carbonyl (C=O) groups is 1. The second-order valence-corrected chi connectivity index (χ2v) is 5.89. The second kappa shape index (κ2) is 7.19. The van der Waals surface area contributed by atoms with Crippen molar-refractivity contribution in [2.24, 2.45) is 0 Å². The Kier molecular flexibility index (Phi) is 4.82. The number of benzene rings is 2. The number of hydrogen-bond donors (Lipinski definition) is 1. The van der Waals surface area contributed by atoms with Crippen molar-refractivity contribution >= 4 is 22.9 Å². The molecule has 0 saturated carbocycles. The summed E-state index contributed by atoms with van der Waals surface area (Å²) in [6, 6.07) is 15.1. The molecule has 4 nitrogen and oxygen atoms in total. The van der Waals surface area contributed by atoms with E-state index >= 15 is 0 Å². The fraction of sp³-hybridized carbons (Fsp3) is 0.105. The maximum absolute atomic E-state index is 12.2. The molecular weight excluding hydrogens is 322 g/mol. The Morgan fingerprint density at radius 3 is 2.42 bits per heavy atom. The van der Waals surface area contributed by atoms with Crippen LogP contribution in [0, 0.1) is 0 Å². The van der Waals surface area contributed by atoms with Gasteiger partial charge in [-0.1, -0.05) is 12.1 Å². The molecule has 1 aromatic heterocycles. The van der Waals surface area contributed by atoms with E-state index in [-0.39, 0.29) is 5.91 Å². The molecule has 1 N–H and O–H groups in total. The zero-order valence-electron chi connectivity index (χ0n) is 13.4. The Morgan fingerprint density at radius 2 is 1.79 bits per heavy atom. The quantitative estimate of drug-likeness (QED) is 0.734.